The Kier molecular flexibility index (Phi) is 9.71. The van der Waals surface area contributed by atoms with Crippen molar-refractivity contribution in [2.24, 2.45) is 0 Å². The van der Waals surface area contributed by atoms with E-state index in [0.717, 1.165) is 56.9 Å². The van der Waals surface area contributed by atoms with Gasteiger partial charge in [-0.15, -0.1) is 0 Å². The lowest BCUT2D eigenvalue weighted by Gasteiger charge is -2.32. The number of ether oxygens (including phenoxy) is 1. The number of imidazole rings is 1. The van der Waals surface area contributed by atoms with Gasteiger partial charge in [0.25, 0.3) is 17.7 Å². The van der Waals surface area contributed by atoms with E-state index < -0.39 is 35.6 Å². The van der Waals surface area contributed by atoms with Crippen molar-refractivity contribution in [3.63, 3.8) is 0 Å². The molecule has 7 heterocycles. The first-order valence-corrected chi connectivity index (χ1v) is 19.7. The molecule has 3 aromatic heterocycles. The number of piperidine rings is 1. The number of rotatable bonds is 9. The van der Waals surface area contributed by atoms with E-state index in [1.165, 1.54) is 6.07 Å². The molecule has 2 saturated heterocycles. The van der Waals surface area contributed by atoms with Crippen molar-refractivity contribution in [2.45, 2.75) is 57.2 Å². The van der Waals surface area contributed by atoms with Gasteiger partial charge in [0.15, 0.2) is 0 Å². The Morgan fingerprint density at radius 1 is 0.915 bits per heavy atom. The Morgan fingerprint density at radius 3 is 2.49 bits per heavy atom. The molecule has 5 aromatic rings. The van der Waals surface area contributed by atoms with Gasteiger partial charge in [-0.25, -0.2) is 4.98 Å². The van der Waals surface area contributed by atoms with E-state index in [9.17, 15) is 28.8 Å². The third kappa shape index (κ3) is 6.68. The van der Waals surface area contributed by atoms with Gasteiger partial charge in [0.2, 0.25) is 17.7 Å². The van der Waals surface area contributed by atoms with Gasteiger partial charge >= 0.3 is 0 Å². The number of carbonyl (C=O) groups is 6. The number of imide groups is 2. The number of carbonyl (C=O) groups excluding carboxylic acids is 6. The van der Waals surface area contributed by atoms with Crippen LogP contribution in [0.15, 0.2) is 67.0 Å². The largest absolute Gasteiger partial charge is 0.383 e. The van der Waals surface area contributed by atoms with Crippen LogP contribution in [0.25, 0.3) is 33.3 Å². The number of amides is 6. The molecule has 0 bridgehead atoms. The highest BCUT2D eigenvalue weighted by Crippen LogP contribution is 2.40. The van der Waals surface area contributed by atoms with Crippen molar-refractivity contribution in [3.8, 4) is 22.5 Å². The molecule has 0 radical (unpaired) electrons. The lowest BCUT2D eigenvalue weighted by atomic mass is 9.98. The van der Waals surface area contributed by atoms with Crippen LogP contribution < -0.4 is 16.0 Å². The molecule has 1 unspecified atom stereocenters. The van der Waals surface area contributed by atoms with Crippen LogP contribution in [-0.2, 0) is 25.7 Å². The van der Waals surface area contributed by atoms with Gasteiger partial charge in [-0.05, 0) is 61.9 Å². The fraction of sp³-hybridized carbons (Fsp3) is 0.326. The summed E-state index contributed by atoms with van der Waals surface area (Å²) in [5, 5.41) is 10.0. The van der Waals surface area contributed by atoms with Crippen molar-refractivity contribution in [3.05, 3.63) is 95.3 Å². The molecule has 0 spiro atoms. The Bertz CT molecular complexity index is 2580. The summed E-state index contributed by atoms with van der Waals surface area (Å²) in [4.78, 5) is 93.9. The average molecular weight is 796 g/mol. The second-order valence-electron chi connectivity index (χ2n) is 15.3. The third-order valence-electron chi connectivity index (χ3n) is 11.6. The molecule has 4 aliphatic heterocycles. The predicted molar refractivity (Wildman–Crippen MR) is 214 cm³/mol. The van der Waals surface area contributed by atoms with Crippen molar-refractivity contribution in [2.75, 3.05) is 38.7 Å². The maximum absolute atomic E-state index is 13.4. The summed E-state index contributed by atoms with van der Waals surface area (Å²) < 4.78 is 7.78. The van der Waals surface area contributed by atoms with Gasteiger partial charge in [0.1, 0.15) is 23.6 Å². The van der Waals surface area contributed by atoms with Crippen molar-refractivity contribution < 1.29 is 33.5 Å². The summed E-state index contributed by atoms with van der Waals surface area (Å²) in [5.74, 6) is -1.50. The number of fused-ring (bicyclic) bond motifs is 3. The number of hydrogen-bond acceptors (Lipinski definition) is 11. The number of pyridine rings is 2. The molecule has 300 valence electrons. The predicted octanol–water partition coefficient (Wildman–Crippen LogP) is 3.83. The highest BCUT2D eigenvalue weighted by atomic mass is 16.5. The maximum Gasteiger partial charge on any atom is 0.269 e. The fourth-order valence-electron chi connectivity index (χ4n) is 8.60. The number of nitrogens with one attached hydrogen (secondary N) is 3. The summed E-state index contributed by atoms with van der Waals surface area (Å²) in [6.07, 6.45) is 5.26. The first-order valence-electron chi connectivity index (χ1n) is 19.7. The lowest BCUT2D eigenvalue weighted by molar-refractivity contribution is -0.136. The second-order valence-corrected chi connectivity index (χ2v) is 15.3. The van der Waals surface area contributed by atoms with Crippen LogP contribution in [-0.4, -0.2) is 104 Å². The van der Waals surface area contributed by atoms with Crippen LogP contribution in [0.4, 0.5) is 5.69 Å². The SMILES string of the molecule is C[C@@H]1C(=O)N(C)Cc2c(-c3cccc4cc(-c5ccc(C(=O)NCCNc6cccc7c6C(=O)N(C6CCC(=O)NC6=O)C7=O)nc5)ncc34)nc(C3CCOCC3)n21. The fourth-order valence-corrected chi connectivity index (χ4v) is 8.60. The van der Waals surface area contributed by atoms with E-state index in [1.54, 1.807) is 35.4 Å². The van der Waals surface area contributed by atoms with Gasteiger partial charge in [-0.3, -0.25) is 49.0 Å². The zero-order chi connectivity index (χ0) is 40.9. The summed E-state index contributed by atoms with van der Waals surface area (Å²) in [5.41, 5.74) is 5.15. The first kappa shape index (κ1) is 37.7. The van der Waals surface area contributed by atoms with Crippen LogP contribution in [0.1, 0.15) is 87.3 Å². The molecule has 0 saturated carbocycles. The molecule has 3 N–H and O–H groups in total. The summed E-state index contributed by atoms with van der Waals surface area (Å²) in [6.45, 7) is 4.17. The standard InChI is InChI=1S/C43H41N9O7/c1-23-41(56)50(2)22-34-37(49-38(51(23)34)24-13-17-59-18-14-24)27-6-3-5-25-19-32(47-21-29(25)27)26-9-10-31(46-20-26)39(54)45-16-15-44-30-8-4-7-28-36(30)43(58)52(42(28)57)33-11-12-35(53)48-40(33)55/h3-10,19-21,23-24,33,44H,11-18,22H2,1-2H3,(H,45,54)(H,48,53,55)/t23-,33?/m1/s1. The molecule has 9 rings (SSSR count). The van der Waals surface area contributed by atoms with E-state index >= 15 is 0 Å². The summed E-state index contributed by atoms with van der Waals surface area (Å²) >= 11 is 0. The van der Waals surface area contributed by atoms with Crippen LogP contribution in [0.2, 0.25) is 0 Å². The van der Waals surface area contributed by atoms with E-state index in [1.807, 2.05) is 38.4 Å². The Balaban J connectivity index is 0.871. The molecular weight excluding hydrogens is 755 g/mol. The topological polar surface area (TPSA) is 198 Å². The van der Waals surface area contributed by atoms with E-state index in [-0.39, 0.29) is 60.6 Å². The van der Waals surface area contributed by atoms with Crippen molar-refractivity contribution in [1.82, 2.24) is 40.0 Å². The van der Waals surface area contributed by atoms with Gasteiger partial charge < -0.3 is 24.8 Å². The molecule has 4 aliphatic rings. The third-order valence-corrected chi connectivity index (χ3v) is 11.6. The van der Waals surface area contributed by atoms with Crippen LogP contribution >= 0.6 is 0 Å². The minimum atomic E-state index is -1.06. The quantitative estimate of drug-likeness (QED) is 0.145. The Hall–Kier alpha value is -6.81. The molecule has 16 nitrogen and oxygen atoms in total. The Morgan fingerprint density at radius 2 is 1.71 bits per heavy atom. The molecule has 2 atom stereocenters. The normalized spacial score (nSPS) is 19.5. The van der Waals surface area contributed by atoms with Crippen molar-refractivity contribution in [1.29, 1.82) is 0 Å². The number of anilines is 1. The summed E-state index contributed by atoms with van der Waals surface area (Å²) in [7, 11) is 1.83. The molecule has 59 heavy (non-hydrogen) atoms. The van der Waals surface area contributed by atoms with Gasteiger partial charge in [0.05, 0.1) is 34.8 Å². The highest BCUT2D eigenvalue weighted by molar-refractivity contribution is 6.25. The lowest BCUT2D eigenvalue weighted by Crippen LogP contribution is -2.54. The molecule has 2 aromatic carbocycles. The molecule has 6 amide bonds. The highest BCUT2D eigenvalue weighted by Gasteiger charge is 2.45. The number of hydrogen-bond donors (Lipinski definition) is 3. The maximum atomic E-state index is 13.4. The van der Waals surface area contributed by atoms with Crippen molar-refractivity contribution >= 4 is 51.9 Å². The molecular formula is C43H41N9O7. The number of benzene rings is 2. The van der Waals surface area contributed by atoms with Crippen LogP contribution in [0.5, 0.6) is 0 Å². The minimum Gasteiger partial charge on any atom is -0.383 e. The average Bonchev–Trinajstić information content (AvgIpc) is 3.75. The number of likely N-dealkylation sites (N-methyl/N-ethyl adjacent to an activating group) is 1. The zero-order valence-electron chi connectivity index (χ0n) is 32.5. The zero-order valence-corrected chi connectivity index (χ0v) is 32.5. The number of aromatic nitrogens is 4. The molecule has 2 fully saturated rings. The minimum absolute atomic E-state index is 0.0322. The van der Waals surface area contributed by atoms with Crippen LogP contribution in [0, 0.1) is 0 Å². The van der Waals surface area contributed by atoms with E-state index in [4.69, 9.17) is 14.7 Å². The summed E-state index contributed by atoms with van der Waals surface area (Å²) in [6, 6.07) is 14.9. The van der Waals surface area contributed by atoms with E-state index in [2.05, 4.69) is 31.6 Å². The van der Waals surface area contributed by atoms with Gasteiger partial charge in [0, 0.05) is 80.3 Å². The van der Waals surface area contributed by atoms with Crippen LogP contribution in [0.3, 0.4) is 0 Å². The molecule has 16 heteroatoms. The Labute approximate surface area is 338 Å². The van der Waals surface area contributed by atoms with Gasteiger partial charge in [-0.1, -0.05) is 24.3 Å². The van der Waals surface area contributed by atoms with Gasteiger partial charge in [-0.2, -0.15) is 0 Å². The van der Waals surface area contributed by atoms with E-state index in [0.29, 0.717) is 31.1 Å². The first-order chi connectivity index (χ1) is 28.6. The molecule has 0 aliphatic carbocycles. The smallest absolute Gasteiger partial charge is 0.269 e. The second kappa shape index (κ2) is 15.2. The number of nitrogens with zero attached hydrogens (tertiary/aromatic N) is 6. The monoisotopic (exact) mass is 795 g/mol.